The van der Waals surface area contributed by atoms with Gasteiger partial charge in [0.05, 0.1) is 0 Å². The summed E-state index contributed by atoms with van der Waals surface area (Å²) in [7, 11) is 0. The van der Waals surface area contributed by atoms with Gasteiger partial charge in [0.1, 0.15) is 18.8 Å². The number of amides is 1. The molecule has 0 spiro atoms. The summed E-state index contributed by atoms with van der Waals surface area (Å²) >= 11 is 0. The maximum atomic E-state index is 12.3. The van der Waals surface area contributed by atoms with Gasteiger partial charge >= 0.3 is 12.1 Å². The average Bonchev–Trinajstić information content (AvgIpc) is 3.07. The van der Waals surface area contributed by atoms with Crippen LogP contribution in [0.3, 0.4) is 0 Å². The predicted octanol–water partition coefficient (Wildman–Crippen LogP) is 4.79. The molecular weight excluding hydrogens is 366 g/mol. The number of alkyl carbamates (subject to hydrolysis) is 1. The molecule has 4 rings (SSSR count). The first-order valence-corrected chi connectivity index (χ1v) is 10.5. The summed E-state index contributed by atoms with van der Waals surface area (Å²) in [5.41, 5.74) is 4.68. The average molecular weight is 393 g/mol. The summed E-state index contributed by atoms with van der Waals surface area (Å²) in [5, 5.41) is 2.61. The van der Waals surface area contributed by atoms with Gasteiger partial charge < -0.3 is 14.8 Å². The quantitative estimate of drug-likeness (QED) is 0.742. The highest BCUT2D eigenvalue weighted by atomic mass is 16.6. The zero-order chi connectivity index (χ0) is 20.2. The first-order chi connectivity index (χ1) is 14.1. The predicted molar refractivity (Wildman–Crippen MR) is 111 cm³/mol. The highest BCUT2D eigenvalue weighted by Gasteiger charge is 2.29. The minimum Gasteiger partial charge on any atom is -0.461 e. The molecule has 1 saturated carbocycles. The fourth-order valence-electron chi connectivity index (χ4n) is 4.33. The zero-order valence-corrected chi connectivity index (χ0v) is 16.7. The Balaban J connectivity index is 1.33. The second-order valence-electron chi connectivity index (χ2n) is 7.89. The van der Waals surface area contributed by atoms with Gasteiger partial charge in [0.25, 0.3) is 0 Å². The Bertz CT molecular complexity index is 842. The third-order valence-corrected chi connectivity index (χ3v) is 5.87. The zero-order valence-electron chi connectivity index (χ0n) is 16.7. The molecular formula is C24H27NO4. The molecule has 1 fully saturated rings. The third kappa shape index (κ3) is 4.29. The largest absolute Gasteiger partial charge is 0.461 e. The molecule has 0 aliphatic heterocycles. The third-order valence-electron chi connectivity index (χ3n) is 5.87. The number of hydrogen-bond acceptors (Lipinski definition) is 4. The van der Waals surface area contributed by atoms with Crippen LogP contribution in [-0.4, -0.2) is 30.8 Å². The van der Waals surface area contributed by atoms with Gasteiger partial charge in [0, 0.05) is 5.92 Å². The second kappa shape index (κ2) is 8.68. The van der Waals surface area contributed by atoms with Crippen molar-refractivity contribution in [1.29, 1.82) is 0 Å². The molecule has 5 heteroatoms. The van der Waals surface area contributed by atoms with Crippen LogP contribution in [0.4, 0.5) is 4.79 Å². The summed E-state index contributed by atoms with van der Waals surface area (Å²) in [4.78, 5) is 24.5. The number of carbonyl (C=O) groups is 2. The summed E-state index contributed by atoms with van der Waals surface area (Å²) in [6, 6.07) is 15.7. The molecule has 0 unspecified atom stereocenters. The highest BCUT2D eigenvalue weighted by Crippen LogP contribution is 2.44. The van der Waals surface area contributed by atoms with E-state index in [2.05, 4.69) is 29.6 Å². The van der Waals surface area contributed by atoms with Crippen LogP contribution in [0.1, 0.15) is 56.1 Å². The van der Waals surface area contributed by atoms with Crippen molar-refractivity contribution in [2.24, 2.45) is 0 Å². The van der Waals surface area contributed by atoms with Crippen LogP contribution < -0.4 is 5.32 Å². The van der Waals surface area contributed by atoms with Crippen LogP contribution in [0, 0.1) is 0 Å². The van der Waals surface area contributed by atoms with Crippen molar-refractivity contribution in [3.8, 4) is 11.1 Å². The van der Waals surface area contributed by atoms with E-state index >= 15 is 0 Å². The lowest BCUT2D eigenvalue weighted by Gasteiger charge is -2.23. The normalized spacial score (nSPS) is 17.1. The van der Waals surface area contributed by atoms with Gasteiger partial charge in [-0.2, -0.15) is 0 Å². The molecule has 2 aromatic rings. The minimum atomic E-state index is -0.729. The summed E-state index contributed by atoms with van der Waals surface area (Å²) in [6.45, 7) is 1.86. The van der Waals surface area contributed by atoms with Gasteiger partial charge in [0.2, 0.25) is 0 Å². The summed E-state index contributed by atoms with van der Waals surface area (Å²) < 4.78 is 11.0. The molecule has 152 valence electrons. The molecule has 0 bridgehead atoms. The molecule has 2 aliphatic carbocycles. The number of ether oxygens (including phenoxy) is 2. The number of carbonyl (C=O) groups excluding carboxylic acids is 2. The van der Waals surface area contributed by atoms with Crippen molar-refractivity contribution in [2.45, 2.75) is 57.1 Å². The first-order valence-electron chi connectivity index (χ1n) is 10.5. The standard InChI is InChI=1S/C24H27NO4/c1-16(23(26)29-17-9-3-2-4-10-17)25-24(27)28-15-22-20-13-7-5-11-18(20)19-12-6-8-14-21(19)22/h5-8,11-14,16-17,22H,2-4,9-10,15H2,1H3,(H,25,27)/t16-/m0/s1. The Kier molecular flexibility index (Phi) is 5.84. The molecule has 0 radical (unpaired) electrons. The Morgan fingerprint density at radius 2 is 1.55 bits per heavy atom. The molecule has 0 saturated heterocycles. The van der Waals surface area contributed by atoms with E-state index in [0.717, 1.165) is 36.8 Å². The summed E-state index contributed by atoms with van der Waals surface area (Å²) in [5.74, 6) is -0.400. The number of benzene rings is 2. The molecule has 0 heterocycles. The lowest BCUT2D eigenvalue weighted by atomic mass is 9.98. The van der Waals surface area contributed by atoms with Gasteiger partial charge in [-0.05, 0) is 54.9 Å². The Labute approximate surface area is 171 Å². The maximum Gasteiger partial charge on any atom is 0.407 e. The van der Waals surface area contributed by atoms with Gasteiger partial charge in [-0.1, -0.05) is 55.0 Å². The van der Waals surface area contributed by atoms with Crippen molar-refractivity contribution in [3.05, 3.63) is 59.7 Å². The first kappa shape index (κ1) is 19.5. The van der Waals surface area contributed by atoms with Crippen LogP contribution in [-0.2, 0) is 14.3 Å². The fraction of sp³-hybridized carbons (Fsp3) is 0.417. The minimum absolute atomic E-state index is 0.00218. The SMILES string of the molecule is C[C@H](NC(=O)OCC1c2ccccc2-c2ccccc21)C(=O)OC1CCCCC1. The van der Waals surface area contributed by atoms with E-state index in [1.165, 1.54) is 17.5 Å². The van der Waals surface area contributed by atoms with E-state index in [1.807, 2.05) is 24.3 Å². The molecule has 29 heavy (non-hydrogen) atoms. The second-order valence-corrected chi connectivity index (χ2v) is 7.89. The Morgan fingerprint density at radius 3 is 2.17 bits per heavy atom. The van der Waals surface area contributed by atoms with E-state index in [1.54, 1.807) is 6.92 Å². The van der Waals surface area contributed by atoms with Gasteiger partial charge in [-0.25, -0.2) is 9.59 Å². The number of nitrogens with one attached hydrogen (secondary N) is 1. The van der Waals surface area contributed by atoms with E-state index < -0.39 is 18.1 Å². The van der Waals surface area contributed by atoms with Crippen LogP contribution >= 0.6 is 0 Å². The molecule has 2 aliphatic rings. The number of fused-ring (bicyclic) bond motifs is 3. The molecule has 5 nitrogen and oxygen atoms in total. The monoisotopic (exact) mass is 393 g/mol. The molecule has 1 N–H and O–H groups in total. The van der Waals surface area contributed by atoms with E-state index in [9.17, 15) is 9.59 Å². The number of rotatable bonds is 5. The topological polar surface area (TPSA) is 64.6 Å². The van der Waals surface area contributed by atoms with Crippen molar-refractivity contribution in [3.63, 3.8) is 0 Å². The lowest BCUT2D eigenvalue weighted by molar-refractivity contribution is -0.152. The Hall–Kier alpha value is -2.82. The van der Waals surface area contributed by atoms with Crippen molar-refractivity contribution >= 4 is 12.1 Å². The Morgan fingerprint density at radius 1 is 0.966 bits per heavy atom. The van der Waals surface area contributed by atoms with E-state index in [0.29, 0.717) is 0 Å². The van der Waals surface area contributed by atoms with Crippen LogP contribution in [0.15, 0.2) is 48.5 Å². The van der Waals surface area contributed by atoms with E-state index in [-0.39, 0.29) is 18.6 Å². The van der Waals surface area contributed by atoms with Gasteiger partial charge in [0.15, 0.2) is 0 Å². The molecule has 0 aromatic heterocycles. The van der Waals surface area contributed by atoms with Crippen LogP contribution in [0.5, 0.6) is 0 Å². The van der Waals surface area contributed by atoms with E-state index in [4.69, 9.17) is 9.47 Å². The van der Waals surface area contributed by atoms with Crippen molar-refractivity contribution in [1.82, 2.24) is 5.32 Å². The van der Waals surface area contributed by atoms with Crippen molar-refractivity contribution in [2.75, 3.05) is 6.61 Å². The molecule has 2 aromatic carbocycles. The number of hydrogen-bond donors (Lipinski definition) is 1. The van der Waals surface area contributed by atoms with Crippen LogP contribution in [0.2, 0.25) is 0 Å². The van der Waals surface area contributed by atoms with Gasteiger partial charge in [-0.15, -0.1) is 0 Å². The smallest absolute Gasteiger partial charge is 0.407 e. The summed E-state index contributed by atoms with van der Waals surface area (Å²) in [6.07, 6.45) is 4.56. The fourth-order valence-corrected chi connectivity index (χ4v) is 4.33. The maximum absolute atomic E-state index is 12.3. The highest BCUT2D eigenvalue weighted by molar-refractivity contribution is 5.81. The van der Waals surface area contributed by atoms with Crippen molar-refractivity contribution < 1.29 is 19.1 Å². The number of esters is 1. The van der Waals surface area contributed by atoms with Gasteiger partial charge in [-0.3, -0.25) is 0 Å². The molecule has 1 atom stereocenters. The van der Waals surface area contributed by atoms with Crippen LogP contribution in [0.25, 0.3) is 11.1 Å². The lowest BCUT2D eigenvalue weighted by Crippen LogP contribution is -2.41. The molecule has 1 amide bonds.